The summed E-state index contributed by atoms with van der Waals surface area (Å²) in [7, 11) is 1.31. The second kappa shape index (κ2) is 40.4. The Kier molecular flexibility index (Phi) is 38.1. The van der Waals surface area contributed by atoms with Crippen LogP contribution >= 0.6 is 7.82 Å². The third kappa shape index (κ3) is 43.2. The number of carbonyl (C=O) groups is 2. The Morgan fingerprint density at radius 3 is 1.87 bits per heavy atom. The van der Waals surface area contributed by atoms with Gasteiger partial charge in [0.25, 0.3) is 0 Å². The molecule has 0 rings (SSSR count). The van der Waals surface area contributed by atoms with E-state index >= 15 is 0 Å². The Morgan fingerprint density at radius 2 is 1.21 bits per heavy atom. The fourth-order valence-electron chi connectivity index (χ4n) is 5.35. The van der Waals surface area contributed by atoms with Gasteiger partial charge in [0.1, 0.15) is 19.8 Å². The van der Waals surface area contributed by atoms with Crippen molar-refractivity contribution in [2.45, 2.75) is 148 Å². The van der Waals surface area contributed by atoms with E-state index in [-0.39, 0.29) is 26.1 Å². The average molecular weight is 889 g/mol. The zero-order valence-corrected chi connectivity index (χ0v) is 39.7. The molecule has 62 heavy (non-hydrogen) atoms. The van der Waals surface area contributed by atoms with Crippen LogP contribution in [-0.4, -0.2) is 97.3 Å². The van der Waals surface area contributed by atoms with Crippen molar-refractivity contribution in [3.8, 4) is 0 Å². The van der Waals surface area contributed by atoms with Crippen LogP contribution in [0.5, 0.6) is 0 Å². The van der Waals surface area contributed by atoms with E-state index in [4.69, 9.17) is 18.5 Å². The number of unbranched alkanes of at least 4 members (excludes halogenated alkanes) is 8. The first kappa shape index (κ1) is 58.6. The van der Waals surface area contributed by atoms with E-state index in [1.807, 2.05) is 63.7 Å². The molecule has 0 aliphatic rings. The van der Waals surface area contributed by atoms with Crippen LogP contribution in [0, 0.1) is 0 Å². The Morgan fingerprint density at radius 1 is 0.613 bits per heavy atom. The molecule has 1 unspecified atom stereocenters. The zero-order valence-electron chi connectivity index (χ0n) is 38.8. The van der Waals surface area contributed by atoms with E-state index in [9.17, 15) is 29.3 Å². The van der Waals surface area contributed by atoms with Gasteiger partial charge in [-0.25, -0.2) is 4.57 Å². The summed E-state index contributed by atoms with van der Waals surface area (Å²) in [5, 5.41) is 20.1. The van der Waals surface area contributed by atoms with Gasteiger partial charge >= 0.3 is 19.8 Å². The normalized spacial score (nSPS) is 15.5. The molecule has 0 bridgehead atoms. The predicted molar refractivity (Wildman–Crippen MR) is 254 cm³/mol. The number of phosphoric acid groups is 1. The van der Waals surface area contributed by atoms with Gasteiger partial charge in [-0.3, -0.25) is 18.6 Å². The minimum absolute atomic E-state index is 0.0168. The molecule has 0 aliphatic carbocycles. The second-order valence-electron chi connectivity index (χ2n) is 16.1. The molecule has 11 nitrogen and oxygen atoms in total. The number of ether oxygens (including phenoxy) is 2. The summed E-state index contributed by atoms with van der Waals surface area (Å²) in [6.07, 6.45) is 47.8. The summed E-state index contributed by atoms with van der Waals surface area (Å²) < 4.78 is 34.1. The zero-order chi connectivity index (χ0) is 46.0. The largest absolute Gasteiger partial charge is 0.472 e. The van der Waals surface area contributed by atoms with Crippen molar-refractivity contribution in [1.29, 1.82) is 0 Å². The maximum absolute atomic E-state index is 12.7. The Labute approximate surface area is 375 Å². The van der Waals surface area contributed by atoms with Gasteiger partial charge in [0.05, 0.1) is 40.0 Å². The van der Waals surface area contributed by atoms with Crippen LogP contribution in [0.3, 0.4) is 0 Å². The van der Waals surface area contributed by atoms with Gasteiger partial charge in [-0.2, -0.15) is 0 Å². The molecular formula is C50H83NO10P+. The number of hydrogen-bond acceptors (Lipinski definition) is 9. The lowest BCUT2D eigenvalue weighted by atomic mass is 10.1. The van der Waals surface area contributed by atoms with E-state index in [2.05, 4.69) is 50.3 Å². The molecule has 0 aromatic heterocycles. The highest BCUT2D eigenvalue weighted by atomic mass is 31.2. The highest BCUT2D eigenvalue weighted by molar-refractivity contribution is 7.47. The first-order valence-electron chi connectivity index (χ1n) is 22.8. The standard InChI is InChI=1S/C50H82NO10P/c1-6-8-10-11-12-13-14-15-16-17-18-19-20-21-25-28-34-40-49(54)58-44-48(45-60-62(56,57)59-43-42-51(3,4)5)61-50(55)41-35-29-33-39-47(53)38-32-27-24-22-23-26-31-37-46(52)36-30-9-7-2/h9,12-13,15-16,18-19,23-24,26-27,30-33,37-39,46-48,52-53H,6-8,10-11,14,17,20-22,25,28-29,34-36,40-45H2,1-5H3/p+1/b13-12-,16-15-,19-18-,26-23-,27-24-,30-9-,37-31+,38-32+,39-33-/t46-,47-,48+/m0/s1. The molecular weight excluding hydrogens is 806 g/mol. The van der Waals surface area contributed by atoms with Gasteiger partial charge in [-0.1, -0.05) is 149 Å². The fourth-order valence-corrected chi connectivity index (χ4v) is 6.09. The van der Waals surface area contributed by atoms with Gasteiger partial charge in [0.2, 0.25) is 0 Å². The van der Waals surface area contributed by atoms with Crippen LogP contribution in [0.2, 0.25) is 0 Å². The van der Waals surface area contributed by atoms with Crippen LogP contribution < -0.4 is 0 Å². The van der Waals surface area contributed by atoms with E-state index in [0.29, 0.717) is 43.1 Å². The summed E-state index contributed by atoms with van der Waals surface area (Å²) in [5.74, 6) is -1.02. The number of nitrogens with zero attached hydrogens (tertiary/aromatic N) is 1. The maximum atomic E-state index is 12.7. The SMILES string of the molecule is CC/C=C\C[C@H](O)/C=C/C=C\C/C=C\C=C\[C@H](O)/C=C\CCCC(=O)O[C@H](COC(=O)CCCCCC/C=C\C/C=C\C/C=C\CCCCC)COP(=O)(O)OCC[N+](C)(C)C. The molecule has 4 atom stereocenters. The van der Waals surface area contributed by atoms with Crippen molar-refractivity contribution in [3.63, 3.8) is 0 Å². The second-order valence-corrected chi connectivity index (χ2v) is 17.5. The molecule has 0 aliphatic heterocycles. The van der Waals surface area contributed by atoms with E-state index in [1.165, 1.54) is 25.7 Å². The number of aliphatic hydroxyl groups excluding tert-OH is 2. The lowest BCUT2D eigenvalue weighted by Gasteiger charge is -2.24. The molecule has 352 valence electrons. The van der Waals surface area contributed by atoms with E-state index < -0.39 is 44.7 Å². The highest BCUT2D eigenvalue weighted by Gasteiger charge is 2.27. The Bertz CT molecular complexity index is 1450. The summed E-state index contributed by atoms with van der Waals surface area (Å²) >= 11 is 0. The van der Waals surface area contributed by atoms with Crippen LogP contribution in [0.15, 0.2) is 109 Å². The quantitative estimate of drug-likeness (QED) is 0.0136. The molecule has 0 spiro atoms. The van der Waals surface area contributed by atoms with Crippen molar-refractivity contribution in [2.24, 2.45) is 0 Å². The van der Waals surface area contributed by atoms with Crippen LogP contribution in [-0.2, 0) is 32.7 Å². The lowest BCUT2D eigenvalue weighted by Crippen LogP contribution is -2.37. The first-order valence-corrected chi connectivity index (χ1v) is 24.3. The smallest absolute Gasteiger partial charge is 0.462 e. The molecule has 0 fully saturated rings. The summed E-state index contributed by atoms with van der Waals surface area (Å²) in [6, 6.07) is 0. The highest BCUT2D eigenvalue weighted by Crippen LogP contribution is 2.43. The van der Waals surface area contributed by atoms with Crippen LogP contribution in [0.1, 0.15) is 129 Å². The number of likely N-dealkylation sites (N-methyl/N-ethyl adjacent to an activating group) is 1. The summed E-state index contributed by atoms with van der Waals surface area (Å²) in [4.78, 5) is 35.4. The van der Waals surface area contributed by atoms with Gasteiger partial charge in [0, 0.05) is 12.8 Å². The number of esters is 2. The number of rotatable bonds is 39. The molecule has 3 N–H and O–H groups in total. The summed E-state index contributed by atoms with van der Waals surface area (Å²) in [5.41, 5.74) is 0. The van der Waals surface area contributed by atoms with E-state index in [0.717, 1.165) is 44.9 Å². The molecule has 0 aromatic rings. The van der Waals surface area contributed by atoms with Gasteiger partial charge < -0.3 is 29.1 Å². The minimum Gasteiger partial charge on any atom is -0.462 e. The number of allylic oxidation sites excluding steroid dienone is 14. The first-order chi connectivity index (χ1) is 29.8. The van der Waals surface area contributed by atoms with Crippen molar-refractivity contribution >= 4 is 19.8 Å². The van der Waals surface area contributed by atoms with Crippen LogP contribution in [0.4, 0.5) is 0 Å². The maximum Gasteiger partial charge on any atom is 0.472 e. The topological polar surface area (TPSA) is 149 Å². The van der Waals surface area contributed by atoms with Gasteiger partial charge in [-0.15, -0.1) is 0 Å². The predicted octanol–water partition coefficient (Wildman–Crippen LogP) is 11.1. The minimum atomic E-state index is -4.45. The summed E-state index contributed by atoms with van der Waals surface area (Å²) in [6.45, 7) is 3.92. The fraction of sp³-hybridized carbons (Fsp3) is 0.600. The van der Waals surface area contributed by atoms with Gasteiger partial charge in [0.15, 0.2) is 6.10 Å². The van der Waals surface area contributed by atoms with Crippen molar-refractivity contribution in [2.75, 3.05) is 47.5 Å². The van der Waals surface area contributed by atoms with Crippen molar-refractivity contribution in [3.05, 3.63) is 109 Å². The average Bonchev–Trinajstić information content (AvgIpc) is 3.21. The Hall–Kier alpha value is -3.41. The monoisotopic (exact) mass is 889 g/mol. The molecule has 12 heteroatoms. The molecule has 0 saturated heterocycles. The molecule has 0 saturated carbocycles. The third-order valence-electron chi connectivity index (χ3n) is 8.96. The number of hydrogen-bond donors (Lipinski definition) is 3. The number of aliphatic hydroxyl groups is 2. The number of phosphoric ester groups is 1. The molecule has 0 amide bonds. The van der Waals surface area contributed by atoms with Crippen molar-refractivity contribution in [1.82, 2.24) is 0 Å². The van der Waals surface area contributed by atoms with Crippen LogP contribution in [0.25, 0.3) is 0 Å². The third-order valence-corrected chi connectivity index (χ3v) is 9.95. The van der Waals surface area contributed by atoms with Gasteiger partial charge in [-0.05, 0) is 77.0 Å². The van der Waals surface area contributed by atoms with Crippen molar-refractivity contribution < 1.29 is 52.3 Å². The number of carbonyl (C=O) groups excluding carboxylic acids is 2. The Balaban J connectivity index is 4.66. The molecule has 0 heterocycles. The number of quaternary nitrogens is 1. The van der Waals surface area contributed by atoms with E-state index in [1.54, 1.807) is 30.4 Å². The lowest BCUT2D eigenvalue weighted by molar-refractivity contribution is -0.870. The molecule has 0 radical (unpaired) electrons. The molecule has 0 aromatic carbocycles.